The average molecular weight is 333 g/mol. The highest BCUT2D eigenvalue weighted by Crippen LogP contribution is 2.50. The first-order valence-electron chi connectivity index (χ1n) is 10.6. The van der Waals surface area contributed by atoms with Crippen LogP contribution in [0.3, 0.4) is 0 Å². The van der Waals surface area contributed by atoms with E-state index in [1.807, 2.05) is 0 Å². The van der Waals surface area contributed by atoms with Crippen molar-refractivity contribution in [3.8, 4) is 0 Å². The normalized spacial score (nSPS) is 44.2. The van der Waals surface area contributed by atoms with E-state index >= 15 is 0 Å². The maximum Gasteiger partial charge on any atom is 0.0125 e. The first kappa shape index (κ1) is 17.3. The molecule has 4 rings (SSSR count). The van der Waals surface area contributed by atoms with Gasteiger partial charge in [-0.2, -0.15) is 0 Å². The lowest BCUT2D eigenvalue weighted by Gasteiger charge is -2.34. The Kier molecular flexibility index (Phi) is 4.12. The predicted octanol–water partition coefficient (Wildman–Crippen LogP) is 4.50. The fraction of sp³-hybridized carbons (Fsp3) is 1.00. The van der Waals surface area contributed by atoms with Crippen molar-refractivity contribution in [1.82, 2.24) is 9.80 Å². The molecule has 24 heavy (non-hydrogen) atoms. The summed E-state index contributed by atoms with van der Waals surface area (Å²) in [6.07, 6.45) is 5.98. The molecular formula is C22H40N2. The number of nitrogens with zero attached hydrogens (tertiary/aromatic N) is 2. The van der Waals surface area contributed by atoms with Crippen LogP contribution in [-0.2, 0) is 0 Å². The van der Waals surface area contributed by atoms with E-state index in [1.54, 1.807) is 0 Å². The maximum atomic E-state index is 2.92. The van der Waals surface area contributed by atoms with Gasteiger partial charge in [-0.25, -0.2) is 0 Å². The van der Waals surface area contributed by atoms with Gasteiger partial charge in [-0.15, -0.1) is 0 Å². The Balaban J connectivity index is 1.31. The van der Waals surface area contributed by atoms with Gasteiger partial charge in [0.25, 0.3) is 0 Å². The van der Waals surface area contributed by atoms with Crippen LogP contribution in [0.15, 0.2) is 0 Å². The minimum absolute atomic E-state index is 0.368. The van der Waals surface area contributed by atoms with Crippen molar-refractivity contribution in [2.75, 3.05) is 26.2 Å². The van der Waals surface area contributed by atoms with Gasteiger partial charge in [0.15, 0.2) is 0 Å². The zero-order valence-corrected chi connectivity index (χ0v) is 17.0. The van der Waals surface area contributed by atoms with E-state index in [4.69, 9.17) is 0 Å². The van der Waals surface area contributed by atoms with Crippen LogP contribution in [0.2, 0.25) is 0 Å². The summed E-state index contributed by atoms with van der Waals surface area (Å²) in [4.78, 5) is 5.67. The van der Waals surface area contributed by atoms with E-state index in [2.05, 4.69) is 51.3 Å². The van der Waals surface area contributed by atoms with Gasteiger partial charge in [0.05, 0.1) is 0 Å². The Hall–Kier alpha value is -0.0800. The van der Waals surface area contributed by atoms with Gasteiger partial charge in [-0.05, 0) is 81.5 Å². The molecule has 0 bridgehead atoms. The van der Waals surface area contributed by atoms with Gasteiger partial charge in [-0.1, -0.05) is 20.8 Å². The molecule has 0 amide bonds. The summed E-state index contributed by atoms with van der Waals surface area (Å²) in [5, 5.41) is 0. The molecule has 0 aromatic carbocycles. The van der Waals surface area contributed by atoms with Gasteiger partial charge >= 0.3 is 0 Å². The molecule has 2 saturated heterocycles. The number of rotatable bonds is 1. The van der Waals surface area contributed by atoms with E-state index in [1.165, 1.54) is 51.9 Å². The van der Waals surface area contributed by atoms with Crippen molar-refractivity contribution < 1.29 is 0 Å². The molecule has 2 heterocycles. The summed E-state index contributed by atoms with van der Waals surface area (Å²) in [5.74, 6) is 4.97. The van der Waals surface area contributed by atoms with Crippen LogP contribution in [0.5, 0.6) is 0 Å². The van der Waals surface area contributed by atoms with Crippen LogP contribution >= 0.6 is 0 Å². The molecule has 2 nitrogen and oxygen atoms in total. The summed E-state index contributed by atoms with van der Waals surface area (Å²) in [7, 11) is 0. The third kappa shape index (κ3) is 3.07. The van der Waals surface area contributed by atoms with E-state index in [9.17, 15) is 0 Å². The quantitative estimate of drug-likeness (QED) is 0.697. The number of fused-ring (bicyclic) bond motifs is 2. The van der Waals surface area contributed by atoms with E-state index in [-0.39, 0.29) is 0 Å². The molecular weight excluding hydrogens is 292 g/mol. The van der Waals surface area contributed by atoms with Gasteiger partial charge in [-0.3, -0.25) is 9.80 Å². The lowest BCUT2D eigenvalue weighted by Crippen LogP contribution is -2.41. The van der Waals surface area contributed by atoms with Crippen molar-refractivity contribution in [2.45, 2.75) is 78.8 Å². The molecule has 4 fully saturated rings. The molecule has 0 N–H and O–H groups in total. The highest BCUT2D eigenvalue weighted by atomic mass is 15.2. The van der Waals surface area contributed by atoms with E-state index < -0.39 is 0 Å². The highest BCUT2D eigenvalue weighted by molar-refractivity contribution is 5.02. The SMILES string of the molecule is CC(C)(C)C1C[C@@H]2CN(C3C[C@@H]4CN(C(C)(C)C)C[C@@H]4C3)C[C@@H]2C1. The van der Waals surface area contributed by atoms with Crippen LogP contribution in [0, 0.1) is 35.0 Å². The average Bonchev–Trinajstić information content (AvgIpc) is 3.12. The maximum absolute atomic E-state index is 2.92. The third-order valence-electron chi connectivity index (χ3n) is 8.20. The fourth-order valence-corrected chi connectivity index (χ4v) is 6.46. The summed E-state index contributed by atoms with van der Waals surface area (Å²) < 4.78 is 0. The van der Waals surface area contributed by atoms with Crippen LogP contribution in [0.1, 0.15) is 67.2 Å². The van der Waals surface area contributed by atoms with Crippen molar-refractivity contribution >= 4 is 0 Å². The van der Waals surface area contributed by atoms with Gasteiger partial charge < -0.3 is 0 Å². The van der Waals surface area contributed by atoms with Crippen LogP contribution in [-0.4, -0.2) is 47.6 Å². The van der Waals surface area contributed by atoms with Crippen molar-refractivity contribution in [2.24, 2.45) is 35.0 Å². The highest BCUT2D eigenvalue weighted by Gasteiger charge is 2.49. The van der Waals surface area contributed by atoms with Gasteiger partial charge in [0, 0.05) is 37.8 Å². The van der Waals surface area contributed by atoms with Crippen LogP contribution in [0.4, 0.5) is 0 Å². The molecule has 2 unspecified atom stereocenters. The Morgan fingerprint density at radius 3 is 1.50 bits per heavy atom. The molecule has 2 heteroatoms. The summed E-state index contributed by atoms with van der Waals surface area (Å²) in [6.45, 7) is 20.1. The van der Waals surface area contributed by atoms with Gasteiger partial charge in [0.1, 0.15) is 0 Å². The van der Waals surface area contributed by atoms with Crippen molar-refractivity contribution in [3.05, 3.63) is 0 Å². The largest absolute Gasteiger partial charge is 0.300 e. The van der Waals surface area contributed by atoms with Crippen LogP contribution < -0.4 is 0 Å². The molecule has 0 aromatic rings. The Morgan fingerprint density at radius 1 is 0.625 bits per heavy atom. The molecule has 0 aromatic heterocycles. The molecule has 6 atom stereocenters. The lowest BCUT2D eigenvalue weighted by molar-refractivity contribution is 0.141. The second kappa shape index (κ2) is 5.71. The van der Waals surface area contributed by atoms with E-state index in [0.717, 1.165) is 35.6 Å². The number of likely N-dealkylation sites (tertiary alicyclic amines) is 2. The third-order valence-corrected chi connectivity index (χ3v) is 8.20. The Bertz CT molecular complexity index is 399. The smallest absolute Gasteiger partial charge is 0.0125 e. The van der Waals surface area contributed by atoms with E-state index in [0.29, 0.717) is 11.0 Å². The topological polar surface area (TPSA) is 6.48 Å². The van der Waals surface area contributed by atoms with Gasteiger partial charge in [0.2, 0.25) is 0 Å². The molecule has 2 aliphatic heterocycles. The minimum atomic E-state index is 0.368. The summed E-state index contributed by atoms with van der Waals surface area (Å²) in [5.41, 5.74) is 0.891. The first-order valence-corrected chi connectivity index (χ1v) is 10.6. The molecule has 2 saturated carbocycles. The number of hydrogen-bond acceptors (Lipinski definition) is 2. The van der Waals surface area contributed by atoms with Crippen molar-refractivity contribution in [3.63, 3.8) is 0 Å². The Labute approximate surface area is 150 Å². The summed E-state index contributed by atoms with van der Waals surface area (Å²) >= 11 is 0. The second-order valence-electron chi connectivity index (χ2n) is 11.7. The standard InChI is InChI=1S/C22H40N2/c1-21(2,3)19-7-15-11-23(12-16(15)8-19)20-9-17-13-24(22(4,5)6)14-18(17)10-20/h15-20H,7-14H2,1-6H3/t15-,16+,17-,18+,19?,20?. The second-order valence-corrected chi connectivity index (χ2v) is 11.7. The van der Waals surface area contributed by atoms with Crippen LogP contribution in [0.25, 0.3) is 0 Å². The molecule has 2 aliphatic carbocycles. The molecule has 138 valence electrons. The number of hydrogen-bond donors (Lipinski definition) is 0. The zero-order valence-electron chi connectivity index (χ0n) is 17.0. The molecule has 0 spiro atoms. The monoisotopic (exact) mass is 332 g/mol. The molecule has 0 radical (unpaired) electrons. The first-order chi connectivity index (χ1) is 11.1. The Morgan fingerprint density at radius 2 is 1.08 bits per heavy atom. The lowest BCUT2D eigenvalue weighted by atomic mass is 9.79. The summed E-state index contributed by atoms with van der Waals surface area (Å²) in [6, 6.07) is 0.917. The predicted molar refractivity (Wildman–Crippen MR) is 102 cm³/mol. The van der Waals surface area contributed by atoms with Crippen molar-refractivity contribution in [1.29, 1.82) is 0 Å². The molecule has 4 aliphatic rings. The zero-order chi connectivity index (χ0) is 17.3. The minimum Gasteiger partial charge on any atom is -0.300 e. The fourth-order valence-electron chi connectivity index (χ4n) is 6.46.